The highest BCUT2D eigenvalue weighted by Crippen LogP contribution is 2.16. The highest BCUT2D eigenvalue weighted by atomic mass is 16.5. The molecule has 1 aromatic rings. The van der Waals surface area contributed by atoms with E-state index >= 15 is 0 Å². The molecule has 0 unspecified atom stereocenters. The molecule has 2 rings (SSSR count). The lowest BCUT2D eigenvalue weighted by Gasteiger charge is -2.26. The van der Waals surface area contributed by atoms with Crippen LogP contribution in [0.3, 0.4) is 0 Å². The van der Waals surface area contributed by atoms with Gasteiger partial charge < -0.3 is 14.2 Å². The monoisotopic (exact) mass is 283 g/mol. The summed E-state index contributed by atoms with van der Waals surface area (Å²) in [4.78, 5) is 14.0. The summed E-state index contributed by atoms with van der Waals surface area (Å²) in [5.74, 6) is -0.0684. The third-order valence-electron chi connectivity index (χ3n) is 3.04. The van der Waals surface area contributed by atoms with Crippen LogP contribution in [0.2, 0.25) is 0 Å². The van der Waals surface area contributed by atoms with Crippen LogP contribution in [0.5, 0.6) is 5.88 Å². The topological polar surface area (TPSA) is 65.8 Å². The van der Waals surface area contributed by atoms with Crippen LogP contribution in [0.1, 0.15) is 17.3 Å². The number of carbonyl (C=O) groups is 1. The van der Waals surface area contributed by atoms with Gasteiger partial charge in [0.2, 0.25) is 5.88 Å². The van der Waals surface area contributed by atoms with Crippen LogP contribution in [-0.4, -0.2) is 66.7 Å². The van der Waals surface area contributed by atoms with Crippen molar-refractivity contribution < 1.29 is 19.0 Å². The van der Waals surface area contributed by atoms with Gasteiger partial charge in [-0.2, -0.15) is 0 Å². The van der Waals surface area contributed by atoms with Gasteiger partial charge in [-0.05, 0) is 6.92 Å². The third-order valence-corrected chi connectivity index (χ3v) is 3.04. The van der Waals surface area contributed by atoms with Gasteiger partial charge in [0, 0.05) is 32.9 Å². The van der Waals surface area contributed by atoms with Gasteiger partial charge in [-0.15, -0.1) is 5.10 Å². The molecule has 0 N–H and O–H groups in total. The molecule has 1 aliphatic heterocycles. The molecule has 2 heterocycles. The number of carbonyl (C=O) groups excluding carboxylic acids is 1. The molecule has 1 aliphatic rings. The minimum absolute atomic E-state index is 0.333. The molecule has 0 spiro atoms. The standard InChI is InChI=1S/C13H21N3O4/c1-3-19-13(17)11-10-15(2)14-12(11)20-9-6-16-4-7-18-8-5-16/h10H,3-9H2,1-2H3. The van der Waals surface area contributed by atoms with Gasteiger partial charge in [-0.25, -0.2) is 4.79 Å². The molecule has 0 aliphatic carbocycles. The van der Waals surface area contributed by atoms with Crippen LogP contribution >= 0.6 is 0 Å². The molecular weight excluding hydrogens is 262 g/mol. The summed E-state index contributed by atoms with van der Waals surface area (Å²) in [5.41, 5.74) is 0.372. The Morgan fingerprint density at radius 3 is 2.90 bits per heavy atom. The van der Waals surface area contributed by atoms with Crippen molar-refractivity contribution in [1.29, 1.82) is 0 Å². The van der Waals surface area contributed by atoms with E-state index in [4.69, 9.17) is 14.2 Å². The van der Waals surface area contributed by atoms with Gasteiger partial charge in [0.25, 0.3) is 0 Å². The molecule has 1 aromatic heterocycles. The lowest BCUT2D eigenvalue weighted by Crippen LogP contribution is -2.38. The van der Waals surface area contributed by atoms with Gasteiger partial charge in [-0.3, -0.25) is 9.58 Å². The minimum atomic E-state index is -0.401. The molecule has 0 amide bonds. The van der Waals surface area contributed by atoms with Gasteiger partial charge in [0.05, 0.1) is 19.8 Å². The van der Waals surface area contributed by atoms with E-state index in [2.05, 4.69) is 10.00 Å². The SMILES string of the molecule is CCOC(=O)c1cn(C)nc1OCCN1CCOCC1. The number of ether oxygens (including phenoxy) is 3. The smallest absolute Gasteiger partial charge is 0.345 e. The molecule has 0 radical (unpaired) electrons. The molecule has 0 bridgehead atoms. The van der Waals surface area contributed by atoms with E-state index < -0.39 is 5.97 Å². The minimum Gasteiger partial charge on any atom is -0.475 e. The van der Waals surface area contributed by atoms with Crippen molar-refractivity contribution in [3.05, 3.63) is 11.8 Å². The fourth-order valence-electron chi connectivity index (χ4n) is 2.02. The number of hydrogen-bond acceptors (Lipinski definition) is 6. The van der Waals surface area contributed by atoms with Crippen molar-refractivity contribution in [3.63, 3.8) is 0 Å². The molecule has 112 valence electrons. The first-order valence-electron chi connectivity index (χ1n) is 6.84. The molecule has 0 saturated carbocycles. The van der Waals surface area contributed by atoms with E-state index in [1.54, 1.807) is 24.9 Å². The van der Waals surface area contributed by atoms with Crippen molar-refractivity contribution in [2.24, 2.45) is 7.05 Å². The van der Waals surface area contributed by atoms with Crippen molar-refractivity contribution in [2.75, 3.05) is 46.1 Å². The first-order valence-corrected chi connectivity index (χ1v) is 6.84. The zero-order valence-electron chi connectivity index (χ0n) is 12.0. The van der Waals surface area contributed by atoms with Crippen molar-refractivity contribution in [2.45, 2.75) is 6.92 Å². The van der Waals surface area contributed by atoms with E-state index in [0.717, 1.165) is 32.8 Å². The fourth-order valence-corrected chi connectivity index (χ4v) is 2.02. The Morgan fingerprint density at radius 2 is 2.20 bits per heavy atom. The van der Waals surface area contributed by atoms with Crippen LogP contribution in [-0.2, 0) is 16.5 Å². The summed E-state index contributed by atoms with van der Waals surface area (Å²) in [6.45, 7) is 6.74. The number of hydrogen-bond donors (Lipinski definition) is 0. The molecular formula is C13H21N3O4. The number of nitrogens with zero attached hydrogens (tertiary/aromatic N) is 3. The maximum absolute atomic E-state index is 11.8. The Hall–Kier alpha value is -1.60. The van der Waals surface area contributed by atoms with E-state index in [1.165, 1.54) is 0 Å². The number of aromatic nitrogens is 2. The van der Waals surface area contributed by atoms with E-state index in [0.29, 0.717) is 24.7 Å². The Bertz CT molecular complexity index is 441. The van der Waals surface area contributed by atoms with Crippen LogP contribution in [0.4, 0.5) is 0 Å². The molecule has 1 saturated heterocycles. The zero-order valence-corrected chi connectivity index (χ0v) is 12.0. The normalized spacial score (nSPS) is 16.1. The molecule has 0 atom stereocenters. The van der Waals surface area contributed by atoms with Crippen molar-refractivity contribution in [1.82, 2.24) is 14.7 Å². The second kappa shape index (κ2) is 7.25. The number of rotatable bonds is 6. The van der Waals surface area contributed by atoms with Crippen LogP contribution in [0.25, 0.3) is 0 Å². The molecule has 20 heavy (non-hydrogen) atoms. The Balaban J connectivity index is 1.86. The summed E-state index contributed by atoms with van der Waals surface area (Å²) in [7, 11) is 1.75. The average Bonchev–Trinajstić information content (AvgIpc) is 2.81. The Morgan fingerprint density at radius 1 is 1.45 bits per heavy atom. The number of morpholine rings is 1. The van der Waals surface area contributed by atoms with Gasteiger partial charge >= 0.3 is 5.97 Å². The maximum atomic E-state index is 11.8. The quantitative estimate of drug-likeness (QED) is 0.700. The predicted molar refractivity (Wildman–Crippen MR) is 71.9 cm³/mol. The summed E-state index contributed by atoms with van der Waals surface area (Å²) >= 11 is 0. The van der Waals surface area contributed by atoms with Gasteiger partial charge in [0.1, 0.15) is 12.2 Å². The van der Waals surface area contributed by atoms with Crippen LogP contribution in [0, 0.1) is 0 Å². The first-order chi connectivity index (χ1) is 9.70. The molecule has 7 heteroatoms. The highest BCUT2D eigenvalue weighted by molar-refractivity contribution is 5.91. The number of aryl methyl sites for hydroxylation is 1. The largest absolute Gasteiger partial charge is 0.475 e. The molecule has 7 nitrogen and oxygen atoms in total. The first kappa shape index (κ1) is 14.8. The summed E-state index contributed by atoms with van der Waals surface area (Å²) < 4.78 is 17.4. The van der Waals surface area contributed by atoms with Gasteiger partial charge in [-0.1, -0.05) is 0 Å². The molecule has 1 fully saturated rings. The second-order valence-electron chi connectivity index (χ2n) is 4.54. The summed E-state index contributed by atoms with van der Waals surface area (Å²) in [5, 5.41) is 4.15. The Labute approximate surface area is 118 Å². The van der Waals surface area contributed by atoms with Crippen LogP contribution < -0.4 is 4.74 Å². The lowest BCUT2D eigenvalue weighted by molar-refractivity contribution is 0.0317. The van der Waals surface area contributed by atoms with Crippen molar-refractivity contribution >= 4 is 5.97 Å². The highest BCUT2D eigenvalue weighted by Gasteiger charge is 2.18. The van der Waals surface area contributed by atoms with E-state index in [9.17, 15) is 4.79 Å². The maximum Gasteiger partial charge on any atom is 0.345 e. The van der Waals surface area contributed by atoms with Crippen LogP contribution in [0.15, 0.2) is 6.20 Å². The molecule has 0 aromatic carbocycles. The lowest BCUT2D eigenvalue weighted by atomic mass is 10.3. The summed E-state index contributed by atoms with van der Waals surface area (Å²) in [6.07, 6.45) is 1.61. The predicted octanol–water partition coefficient (Wildman–Crippen LogP) is 0.308. The van der Waals surface area contributed by atoms with Gasteiger partial charge in [0.15, 0.2) is 0 Å². The van der Waals surface area contributed by atoms with E-state index in [-0.39, 0.29) is 0 Å². The second-order valence-corrected chi connectivity index (χ2v) is 4.54. The van der Waals surface area contributed by atoms with E-state index in [1.807, 2.05) is 0 Å². The third kappa shape index (κ3) is 3.94. The average molecular weight is 283 g/mol. The number of esters is 1. The zero-order chi connectivity index (χ0) is 14.4. The summed E-state index contributed by atoms with van der Waals surface area (Å²) in [6, 6.07) is 0. The van der Waals surface area contributed by atoms with Crippen molar-refractivity contribution in [3.8, 4) is 5.88 Å². The fraction of sp³-hybridized carbons (Fsp3) is 0.692. The Kier molecular flexibility index (Phi) is 5.37.